The van der Waals surface area contributed by atoms with E-state index in [9.17, 15) is 9.18 Å². The average molecular weight is 162 g/mol. The summed E-state index contributed by atoms with van der Waals surface area (Å²) in [4.78, 5) is 9.64. The van der Waals surface area contributed by atoms with E-state index in [2.05, 4.69) is 11.7 Å². The molecule has 0 rings (SSSR count). The van der Waals surface area contributed by atoms with E-state index in [4.69, 9.17) is 0 Å². The van der Waals surface area contributed by atoms with Crippen molar-refractivity contribution in [3.8, 4) is 0 Å². The van der Waals surface area contributed by atoms with Gasteiger partial charge in [0, 0.05) is 0 Å². The number of ether oxygens (including phenoxy) is 1. The maximum Gasteiger partial charge on any atom is 0.495 e. The Balaban J connectivity index is 2.85. The summed E-state index contributed by atoms with van der Waals surface area (Å²) in [6.07, 6.45) is 3.64. The molecule has 0 heterocycles. The topological polar surface area (TPSA) is 26.3 Å². The summed E-state index contributed by atoms with van der Waals surface area (Å²) < 4.78 is 15.5. The van der Waals surface area contributed by atoms with E-state index in [-0.39, 0.29) is 6.61 Å². The molecule has 0 saturated carbocycles. The van der Waals surface area contributed by atoms with Gasteiger partial charge in [0.25, 0.3) is 0 Å². The minimum absolute atomic E-state index is 0.221. The molecule has 0 aromatic heterocycles. The number of rotatable bonds is 6. The molecule has 3 heteroatoms. The second kappa shape index (κ2) is 7.51. The second-order valence-corrected chi connectivity index (χ2v) is 2.50. The molecule has 0 bridgehead atoms. The summed E-state index contributed by atoms with van der Waals surface area (Å²) in [5.74, 6) is 0. The summed E-state index contributed by atoms with van der Waals surface area (Å²) in [6.45, 7) is 2.35. The molecule has 11 heavy (non-hydrogen) atoms. The molecule has 0 fully saturated rings. The normalized spacial score (nSPS) is 9.64. The van der Waals surface area contributed by atoms with Crippen LogP contribution in [-0.4, -0.2) is 12.8 Å². The van der Waals surface area contributed by atoms with Crippen molar-refractivity contribution >= 4 is 6.22 Å². The van der Waals surface area contributed by atoms with Gasteiger partial charge in [-0.05, 0) is 6.42 Å². The van der Waals surface area contributed by atoms with Crippen molar-refractivity contribution in [2.24, 2.45) is 0 Å². The van der Waals surface area contributed by atoms with Crippen LogP contribution >= 0.6 is 0 Å². The van der Waals surface area contributed by atoms with Gasteiger partial charge in [0.05, 0.1) is 6.61 Å². The summed E-state index contributed by atoms with van der Waals surface area (Å²) in [7, 11) is 0. The van der Waals surface area contributed by atoms with Gasteiger partial charge in [-0.3, -0.25) is 0 Å². The van der Waals surface area contributed by atoms with Crippen LogP contribution in [0.4, 0.5) is 9.18 Å². The molecule has 0 radical (unpaired) electrons. The van der Waals surface area contributed by atoms with Crippen LogP contribution in [0.2, 0.25) is 0 Å². The van der Waals surface area contributed by atoms with Crippen LogP contribution < -0.4 is 0 Å². The molecular formula is C8H15FO2. The predicted molar refractivity (Wildman–Crippen MR) is 41.2 cm³/mol. The zero-order valence-corrected chi connectivity index (χ0v) is 6.94. The standard InChI is InChI=1S/C8H15FO2/c1-2-3-4-5-6-7-11-8(9)10/h2-7H2,1H3. The van der Waals surface area contributed by atoms with E-state index >= 15 is 0 Å². The number of hydrogen-bond acceptors (Lipinski definition) is 2. The van der Waals surface area contributed by atoms with Crippen LogP contribution in [0.5, 0.6) is 0 Å². The van der Waals surface area contributed by atoms with Gasteiger partial charge in [-0.15, -0.1) is 4.39 Å². The lowest BCUT2D eigenvalue weighted by Gasteiger charge is -1.98. The molecule has 0 atom stereocenters. The first-order chi connectivity index (χ1) is 5.27. The van der Waals surface area contributed by atoms with Gasteiger partial charge in [-0.2, -0.15) is 0 Å². The van der Waals surface area contributed by atoms with Gasteiger partial charge in [0.15, 0.2) is 0 Å². The zero-order chi connectivity index (χ0) is 8.53. The first-order valence-corrected chi connectivity index (χ1v) is 4.09. The molecule has 0 spiro atoms. The van der Waals surface area contributed by atoms with Gasteiger partial charge in [0.1, 0.15) is 0 Å². The van der Waals surface area contributed by atoms with Crippen molar-refractivity contribution in [2.45, 2.75) is 39.0 Å². The molecule has 0 amide bonds. The molecule has 0 aliphatic heterocycles. The first kappa shape index (κ1) is 10.4. The van der Waals surface area contributed by atoms with Crippen LogP contribution in [0, 0.1) is 0 Å². The lowest BCUT2D eigenvalue weighted by Crippen LogP contribution is -1.96. The monoisotopic (exact) mass is 162 g/mol. The molecule has 0 aromatic carbocycles. The fraction of sp³-hybridized carbons (Fsp3) is 0.875. The third-order valence-corrected chi connectivity index (χ3v) is 1.46. The summed E-state index contributed by atoms with van der Waals surface area (Å²) in [5, 5.41) is 0. The van der Waals surface area contributed by atoms with E-state index in [1.807, 2.05) is 0 Å². The van der Waals surface area contributed by atoms with Gasteiger partial charge < -0.3 is 4.74 Å². The van der Waals surface area contributed by atoms with Crippen molar-refractivity contribution in [1.82, 2.24) is 0 Å². The molecule has 66 valence electrons. The van der Waals surface area contributed by atoms with Gasteiger partial charge in [-0.1, -0.05) is 32.6 Å². The van der Waals surface area contributed by atoms with Gasteiger partial charge >= 0.3 is 6.22 Å². The number of hydrogen-bond donors (Lipinski definition) is 0. The van der Waals surface area contributed by atoms with Gasteiger partial charge in [0.2, 0.25) is 0 Å². The maximum atomic E-state index is 11.4. The van der Waals surface area contributed by atoms with Crippen molar-refractivity contribution in [2.75, 3.05) is 6.61 Å². The third-order valence-electron chi connectivity index (χ3n) is 1.46. The molecular weight excluding hydrogens is 147 g/mol. The lowest BCUT2D eigenvalue weighted by atomic mass is 10.2. The molecule has 0 unspecified atom stereocenters. The Kier molecular flexibility index (Phi) is 7.10. The number of carbonyl (C=O) groups is 1. The molecule has 0 aromatic rings. The van der Waals surface area contributed by atoms with E-state index < -0.39 is 6.22 Å². The maximum absolute atomic E-state index is 11.4. The Hall–Kier alpha value is -0.600. The van der Waals surface area contributed by atoms with Crippen LogP contribution in [-0.2, 0) is 4.74 Å². The summed E-state index contributed by atoms with van der Waals surface area (Å²) in [5.41, 5.74) is 0. The number of halogens is 1. The van der Waals surface area contributed by atoms with Gasteiger partial charge in [-0.25, -0.2) is 4.79 Å². The summed E-state index contributed by atoms with van der Waals surface area (Å²) >= 11 is 0. The Morgan fingerprint density at radius 1 is 1.27 bits per heavy atom. The highest BCUT2D eigenvalue weighted by atomic mass is 19.1. The third kappa shape index (κ3) is 9.40. The largest absolute Gasteiger partial charge is 0.495 e. The highest BCUT2D eigenvalue weighted by molar-refractivity contribution is 5.57. The van der Waals surface area contributed by atoms with Crippen molar-refractivity contribution in [3.63, 3.8) is 0 Å². The van der Waals surface area contributed by atoms with Crippen LogP contribution in [0.25, 0.3) is 0 Å². The highest BCUT2D eigenvalue weighted by Gasteiger charge is 1.95. The Morgan fingerprint density at radius 2 is 1.91 bits per heavy atom. The fourth-order valence-corrected chi connectivity index (χ4v) is 0.858. The van der Waals surface area contributed by atoms with Crippen molar-refractivity contribution < 1.29 is 13.9 Å². The minimum atomic E-state index is -1.67. The van der Waals surface area contributed by atoms with E-state index in [0.29, 0.717) is 0 Å². The lowest BCUT2D eigenvalue weighted by molar-refractivity contribution is 0.119. The van der Waals surface area contributed by atoms with E-state index in [1.54, 1.807) is 0 Å². The molecule has 0 N–H and O–H groups in total. The van der Waals surface area contributed by atoms with Crippen LogP contribution in [0.1, 0.15) is 39.0 Å². The molecule has 2 nitrogen and oxygen atoms in total. The van der Waals surface area contributed by atoms with Crippen molar-refractivity contribution in [1.29, 1.82) is 0 Å². The Bertz CT molecular complexity index is 104. The Labute approximate surface area is 66.7 Å². The van der Waals surface area contributed by atoms with E-state index in [1.165, 1.54) is 12.8 Å². The van der Waals surface area contributed by atoms with E-state index in [0.717, 1.165) is 19.3 Å². The number of carbonyl (C=O) groups excluding carboxylic acids is 1. The quantitative estimate of drug-likeness (QED) is 0.443. The SMILES string of the molecule is CCCCCCCOC(=O)F. The molecule has 0 aliphatic rings. The number of unbranched alkanes of at least 4 members (excludes halogenated alkanes) is 4. The second-order valence-electron chi connectivity index (χ2n) is 2.50. The fourth-order valence-electron chi connectivity index (χ4n) is 0.858. The van der Waals surface area contributed by atoms with Crippen LogP contribution in [0.3, 0.4) is 0 Å². The predicted octanol–water partition coefficient (Wildman–Crippen LogP) is 3.06. The molecule has 0 aliphatic carbocycles. The average Bonchev–Trinajstić information content (AvgIpc) is 1.96. The highest BCUT2D eigenvalue weighted by Crippen LogP contribution is 2.02. The first-order valence-electron chi connectivity index (χ1n) is 4.09. The Morgan fingerprint density at radius 3 is 2.45 bits per heavy atom. The van der Waals surface area contributed by atoms with Crippen LogP contribution in [0.15, 0.2) is 0 Å². The van der Waals surface area contributed by atoms with Crippen molar-refractivity contribution in [3.05, 3.63) is 0 Å². The minimum Gasteiger partial charge on any atom is -0.440 e. The summed E-state index contributed by atoms with van der Waals surface area (Å²) in [6, 6.07) is 0. The zero-order valence-electron chi connectivity index (χ0n) is 6.94. The smallest absolute Gasteiger partial charge is 0.440 e. The molecule has 0 saturated heterocycles.